The molecule has 31 heavy (non-hydrogen) atoms. The summed E-state index contributed by atoms with van der Waals surface area (Å²) >= 11 is 10.3. The van der Waals surface area contributed by atoms with Crippen molar-refractivity contribution in [2.75, 3.05) is 37.1 Å². The molecule has 0 unspecified atom stereocenters. The van der Waals surface area contributed by atoms with Crippen molar-refractivity contribution < 1.29 is 14.3 Å². The van der Waals surface area contributed by atoms with Crippen LogP contribution in [0.5, 0.6) is 11.5 Å². The topological polar surface area (TPSA) is 42.0 Å². The second kappa shape index (κ2) is 10.3. The van der Waals surface area contributed by atoms with Crippen LogP contribution >= 0.6 is 39.9 Å². The average Bonchev–Trinajstić information content (AvgIpc) is 3.00. The molecule has 0 radical (unpaired) electrons. The third-order valence-electron chi connectivity index (χ3n) is 4.39. The second-order valence-electron chi connectivity index (χ2n) is 6.79. The van der Waals surface area contributed by atoms with Crippen molar-refractivity contribution in [3.8, 4) is 11.5 Å². The minimum absolute atomic E-state index is 0.145. The fourth-order valence-corrected chi connectivity index (χ4v) is 4.83. The molecule has 0 spiro atoms. The Labute approximate surface area is 200 Å². The molecule has 1 aliphatic heterocycles. The van der Waals surface area contributed by atoms with E-state index in [4.69, 9.17) is 21.7 Å². The Morgan fingerprint density at radius 3 is 2.55 bits per heavy atom. The molecule has 0 N–H and O–H groups in total. The summed E-state index contributed by atoms with van der Waals surface area (Å²) in [5.74, 6) is 1.06. The first-order valence-electron chi connectivity index (χ1n) is 9.61. The van der Waals surface area contributed by atoms with Gasteiger partial charge in [0.15, 0.2) is 15.8 Å². The summed E-state index contributed by atoms with van der Waals surface area (Å²) in [5, 5.41) is 0. The van der Waals surface area contributed by atoms with Gasteiger partial charge in [0.2, 0.25) is 0 Å². The van der Waals surface area contributed by atoms with E-state index in [-0.39, 0.29) is 5.91 Å². The SMILES string of the molecule is C=CCOc1c(Br)cc(/C=C2/SC(=S)N(c3ccc(N(C)C)cc3)C2=O)cc1OCC. The highest BCUT2D eigenvalue weighted by atomic mass is 79.9. The van der Waals surface area contributed by atoms with Gasteiger partial charge in [-0.2, -0.15) is 0 Å². The van der Waals surface area contributed by atoms with Crippen molar-refractivity contribution in [2.45, 2.75) is 6.92 Å². The van der Waals surface area contributed by atoms with Crippen LogP contribution in [0.15, 0.2) is 58.4 Å². The van der Waals surface area contributed by atoms with Crippen molar-refractivity contribution in [1.82, 2.24) is 0 Å². The quantitative estimate of drug-likeness (QED) is 0.246. The first-order chi connectivity index (χ1) is 14.8. The standard InChI is InChI=1S/C23H23BrN2O3S2/c1-5-11-29-21-18(24)12-15(13-19(21)28-6-2)14-20-22(27)26(23(30)31-20)17-9-7-16(8-10-17)25(3)4/h5,7-10,12-14H,1,6,11H2,2-4H3/b20-14+. The van der Waals surface area contributed by atoms with Crippen molar-refractivity contribution in [1.29, 1.82) is 0 Å². The average molecular weight is 519 g/mol. The van der Waals surface area contributed by atoms with Gasteiger partial charge in [-0.15, -0.1) is 0 Å². The lowest BCUT2D eigenvalue weighted by molar-refractivity contribution is -0.113. The van der Waals surface area contributed by atoms with Gasteiger partial charge >= 0.3 is 0 Å². The number of halogens is 1. The summed E-state index contributed by atoms with van der Waals surface area (Å²) < 4.78 is 12.7. The molecule has 5 nitrogen and oxygen atoms in total. The molecule has 0 saturated carbocycles. The molecule has 0 atom stereocenters. The Morgan fingerprint density at radius 1 is 1.23 bits per heavy atom. The van der Waals surface area contributed by atoms with Gasteiger partial charge < -0.3 is 14.4 Å². The lowest BCUT2D eigenvalue weighted by atomic mass is 10.1. The number of rotatable bonds is 8. The van der Waals surface area contributed by atoms with E-state index in [9.17, 15) is 4.79 Å². The van der Waals surface area contributed by atoms with E-state index in [0.717, 1.165) is 21.4 Å². The van der Waals surface area contributed by atoms with Crippen LogP contribution in [0.3, 0.4) is 0 Å². The summed E-state index contributed by atoms with van der Waals surface area (Å²) in [7, 11) is 3.94. The van der Waals surface area contributed by atoms with Crippen LogP contribution < -0.4 is 19.3 Å². The predicted octanol–water partition coefficient (Wildman–Crippen LogP) is 5.88. The van der Waals surface area contributed by atoms with Crippen LogP contribution in [0.1, 0.15) is 12.5 Å². The molecule has 1 amide bonds. The maximum absolute atomic E-state index is 13.1. The molecule has 2 aromatic rings. The third-order valence-corrected chi connectivity index (χ3v) is 6.28. The first kappa shape index (κ1) is 23.4. The van der Waals surface area contributed by atoms with Crippen LogP contribution in [0.25, 0.3) is 6.08 Å². The fraction of sp³-hybridized carbons (Fsp3) is 0.217. The molecule has 162 valence electrons. The molecule has 3 rings (SSSR count). The van der Waals surface area contributed by atoms with Crippen molar-refractivity contribution in [3.05, 3.63) is 64.0 Å². The van der Waals surface area contributed by atoms with Crippen molar-refractivity contribution in [2.24, 2.45) is 0 Å². The van der Waals surface area contributed by atoms with Gasteiger partial charge in [0.25, 0.3) is 5.91 Å². The summed E-state index contributed by atoms with van der Waals surface area (Å²) in [5.41, 5.74) is 2.61. The fourth-order valence-electron chi connectivity index (χ4n) is 2.96. The van der Waals surface area contributed by atoms with E-state index in [1.807, 2.05) is 68.4 Å². The van der Waals surface area contributed by atoms with Crippen molar-refractivity contribution in [3.63, 3.8) is 0 Å². The number of thioether (sulfide) groups is 1. The normalized spacial score (nSPS) is 14.8. The van der Waals surface area contributed by atoms with E-state index in [1.165, 1.54) is 11.8 Å². The number of benzene rings is 2. The summed E-state index contributed by atoms with van der Waals surface area (Å²) in [4.78, 5) is 17.2. The summed E-state index contributed by atoms with van der Waals surface area (Å²) in [6, 6.07) is 11.5. The van der Waals surface area contributed by atoms with Crippen molar-refractivity contribution >= 4 is 67.6 Å². The smallest absolute Gasteiger partial charge is 0.270 e. The number of thiocarbonyl (C=S) groups is 1. The van der Waals surface area contributed by atoms with Crippen LogP contribution in [-0.4, -0.2) is 37.5 Å². The maximum Gasteiger partial charge on any atom is 0.270 e. The number of carbonyl (C=O) groups excluding carboxylic acids is 1. The van der Waals surface area contributed by atoms with Crippen LogP contribution in [0.2, 0.25) is 0 Å². The first-order valence-corrected chi connectivity index (χ1v) is 11.6. The second-order valence-corrected chi connectivity index (χ2v) is 9.32. The minimum Gasteiger partial charge on any atom is -0.490 e. The number of anilines is 2. The minimum atomic E-state index is -0.145. The Morgan fingerprint density at radius 2 is 1.94 bits per heavy atom. The zero-order valence-corrected chi connectivity index (χ0v) is 20.8. The number of carbonyl (C=O) groups is 1. The maximum atomic E-state index is 13.1. The molecule has 0 aliphatic carbocycles. The molecule has 0 bridgehead atoms. The summed E-state index contributed by atoms with van der Waals surface area (Å²) in [6.45, 7) is 6.44. The molecule has 1 aliphatic rings. The highest BCUT2D eigenvalue weighted by Gasteiger charge is 2.33. The van der Waals surface area contributed by atoms with E-state index < -0.39 is 0 Å². The number of ether oxygens (including phenoxy) is 2. The lowest BCUT2D eigenvalue weighted by Crippen LogP contribution is -2.27. The molecular formula is C23H23BrN2O3S2. The van der Waals surface area contributed by atoms with Gasteiger partial charge in [0, 0.05) is 19.8 Å². The zero-order chi connectivity index (χ0) is 22.5. The van der Waals surface area contributed by atoms with Gasteiger partial charge in [-0.1, -0.05) is 36.6 Å². The van der Waals surface area contributed by atoms with E-state index in [2.05, 4.69) is 22.5 Å². The van der Waals surface area contributed by atoms with Crippen LogP contribution in [0.4, 0.5) is 11.4 Å². The van der Waals surface area contributed by atoms with E-state index in [0.29, 0.717) is 33.9 Å². The zero-order valence-electron chi connectivity index (χ0n) is 17.6. The molecule has 1 saturated heterocycles. The van der Waals surface area contributed by atoms with E-state index >= 15 is 0 Å². The number of hydrogen-bond acceptors (Lipinski definition) is 6. The largest absolute Gasteiger partial charge is 0.490 e. The van der Waals surface area contributed by atoms with Gasteiger partial charge in [-0.3, -0.25) is 9.69 Å². The molecule has 0 aromatic heterocycles. The lowest BCUT2D eigenvalue weighted by Gasteiger charge is -2.17. The number of amides is 1. The number of hydrogen-bond donors (Lipinski definition) is 0. The summed E-state index contributed by atoms with van der Waals surface area (Å²) in [6.07, 6.45) is 3.49. The Bertz CT molecular complexity index is 1040. The Hall–Kier alpha value is -2.29. The predicted molar refractivity (Wildman–Crippen MR) is 137 cm³/mol. The van der Waals surface area contributed by atoms with E-state index in [1.54, 1.807) is 11.0 Å². The molecule has 8 heteroatoms. The van der Waals surface area contributed by atoms with Gasteiger partial charge in [0.05, 0.1) is 21.7 Å². The molecular weight excluding hydrogens is 496 g/mol. The Kier molecular flexibility index (Phi) is 7.80. The molecule has 2 aromatic carbocycles. The van der Waals surface area contributed by atoms with Crippen LogP contribution in [-0.2, 0) is 4.79 Å². The number of nitrogens with zero attached hydrogens (tertiary/aromatic N) is 2. The Balaban J connectivity index is 1.90. The molecule has 1 heterocycles. The van der Waals surface area contributed by atoms with Gasteiger partial charge in [0.1, 0.15) is 6.61 Å². The highest BCUT2D eigenvalue weighted by Crippen LogP contribution is 2.40. The monoisotopic (exact) mass is 518 g/mol. The van der Waals surface area contributed by atoms with Gasteiger partial charge in [-0.25, -0.2) is 0 Å². The highest BCUT2D eigenvalue weighted by molar-refractivity contribution is 9.10. The third kappa shape index (κ3) is 5.31. The molecule has 1 fully saturated rings. The van der Waals surface area contributed by atoms with Gasteiger partial charge in [-0.05, 0) is 70.9 Å². The van der Waals surface area contributed by atoms with Crippen LogP contribution in [0, 0.1) is 0 Å².